The van der Waals surface area contributed by atoms with E-state index in [1.165, 1.54) is 9.87 Å². The zero-order chi connectivity index (χ0) is 20.5. The smallest absolute Gasteiger partial charge is 0.215 e. The minimum Gasteiger partial charge on any atom is -0.379 e. The molecule has 1 aromatic carbocycles. The van der Waals surface area contributed by atoms with Crippen LogP contribution < -0.4 is 10.6 Å². The molecule has 0 unspecified atom stereocenters. The first-order valence-electron chi connectivity index (χ1n) is 10.0. The number of rotatable bonds is 9. The molecule has 0 saturated carbocycles. The second kappa shape index (κ2) is 12.7. The van der Waals surface area contributed by atoms with E-state index in [4.69, 9.17) is 4.74 Å². The SMILES string of the molecule is CCC(CC)(CNC(=NC)NCCS(=O)(=O)N1CCOCC1)c1ccccc1.I. The number of nitrogens with zero attached hydrogens (tertiary/aromatic N) is 2. The predicted molar refractivity (Wildman–Crippen MR) is 130 cm³/mol. The lowest BCUT2D eigenvalue weighted by atomic mass is 9.76. The van der Waals surface area contributed by atoms with Gasteiger partial charge in [-0.3, -0.25) is 4.99 Å². The van der Waals surface area contributed by atoms with E-state index in [-0.39, 0.29) is 35.1 Å². The van der Waals surface area contributed by atoms with Crippen LogP contribution in [0.1, 0.15) is 32.3 Å². The van der Waals surface area contributed by atoms with Gasteiger partial charge in [-0.25, -0.2) is 8.42 Å². The van der Waals surface area contributed by atoms with Crippen molar-refractivity contribution in [3.05, 3.63) is 35.9 Å². The lowest BCUT2D eigenvalue weighted by Gasteiger charge is -2.33. The van der Waals surface area contributed by atoms with Crippen molar-refractivity contribution in [2.45, 2.75) is 32.1 Å². The Bertz CT molecular complexity index is 719. The van der Waals surface area contributed by atoms with E-state index in [9.17, 15) is 8.42 Å². The molecule has 166 valence electrons. The first kappa shape index (κ1) is 26.1. The maximum atomic E-state index is 12.4. The number of morpholine rings is 1. The first-order valence-corrected chi connectivity index (χ1v) is 11.6. The molecule has 2 rings (SSSR count). The van der Waals surface area contributed by atoms with Crippen molar-refractivity contribution in [2.24, 2.45) is 4.99 Å². The van der Waals surface area contributed by atoms with Gasteiger partial charge < -0.3 is 15.4 Å². The average Bonchev–Trinajstić information content (AvgIpc) is 2.74. The largest absolute Gasteiger partial charge is 0.379 e. The number of aliphatic imine (C=N–C) groups is 1. The summed E-state index contributed by atoms with van der Waals surface area (Å²) in [5.74, 6) is 0.665. The highest BCUT2D eigenvalue weighted by Gasteiger charge is 2.28. The highest BCUT2D eigenvalue weighted by Crippen LogP contribution is 2.30. The van der Waals surface area contributed by atoms with Crippen LogP contribution in [0.2, 0.25) is 0 Å². The Morgan fingerprint density at radius 3 is 2.31 bits per heavy atom. The van der Waals surface area contributed by atoms with E-state index >= 15 is 0 Å². The Labute approximate surface area is 192 Å². The maximum absolute atomic E-state index is 12.4. The fourth-order valence-electron chi connectivity index (χ4n) is 3.53. The fraction of sp³-hybridized carbons (Fsp3) is 0.650. The van der Waals surface area contributed by atoms with Gasteiger partial charge in [-0.1, -0.05) is 44.2 Å². The number of guanidine groups is 1. The Morgan fingerprint density at radius 2 is 1.76 bits per heavy atom. The highest BCUT2D eigenvalue weighted by molar-refractivity contribution is 14.0. The third-order valence-corrected chi connectivity index (χ3v) is 7.45. The lowest BCUT2D eigenvalue weighted by molar-refractivity contribution is 0.0730. The molecule has 0 amide bonds. The van der Waals surface area contributed by atoms with Gasteiger partial charge >= 0.3 is 0 Å². The third-order valence-electron chi connectivity index (χ3n) is 5.57. The van der Waals surface area contributed by atoms with Crippen LogP contribution in [0.5, 0.6) is 0 Å². The number of benzene rings is 1. The summed E-state index contributed by atoms with van der Waals surface area (Å²) >= 11 is 0. The molecule has 7 nitrogen and oxygen atoms in total. The minimum absolute atomic E-state index is 0. The lowest BCUT2D eigenvalue weighted by Crippen LogP contribution is -2.48. The maximum Gasteiger partial charge on any atom is 0.215 e. The van der Waals surface area contributed by atoms with Crippen molar-refractivity contribution in [2.75, 3.05) is 52.2 Å². The molecular formula is C20H35IN4O3S. The number of halogens is 1. The minimum atomic E-state index is -3.27. The predicted octanol–water partition coefficient (Wildman–Crippen LogP) is 2.19. The van der Waals surface area contributed by atoms with Crippen molar-refractivity contribution in [3.8, 4) is 0 Å². The number of nitrogens with one attached hydrogen (secondary N) is 2. The van der Waals surface area contributed by atoms with Gasteiger partial charge in [0.25, 0.3) is 0 Å². The van der Waals surface area contributed by atoms with Crippen LogP contribution in [0.25, 0.3) is 0 Å². The van der Waals surface area contributed by atoms with E-state index in [1.54, 1.807) is 7.05 Å². The monoisotopic (exact) mass is 538 g/mol. The quantitative estimate of drug-likeness (QED) is 0.286. The van der Waals surface area contributed by atoms with Crippen molar-refractivity contribution >= 4 is 40.0 Å². The molecule has 0 radical (unpaired) electrons. The summed E-state index contributed by atoms with van der Waals surface area (Å²) in [5, 5.41) is 6.53. The van der Waals surface area contributed by atoms with E-state index in [1.807, 2.05) is 6.07 Å². The zero-order valence-electron chi connectivity index (χ0n) is 17.7. The van der Waals surface area contributed by atoms with Gasteiger partial charge in [0.15, 0.2) is 5.96 Å². The summed E-state index contributed by atoms with van der Waals surface area (Å²) in [5.41, 5.74) is 1.32. The van der Waals surface area contributed by atoms with Crippen molar-refractivity contribution in [1.29, 1.82) is 0 Å². The second-order valence-electron chi connectivity index (χ2n) is 7.03. The van der Waals surface area contributed by atoms with Gasteiger partial charge in [0, 0.05) is 38.6 Å². The van der Waals surface area contributed by atoms with Crippen LogP contribution in [0.15, 0.2) is 35.3 Å². The molecule has 1 saturated heterocycles. The molecule has 1 heterocycles. The molecule has 0 spiro atoms. The summed E-state index contributed by atoms with van der Waals surface area (Å²) in [6.45, 7) is 7.24. The van der Waals surface area contributed by atoms with Crippen LogP contribution >= 0.6 is 24.0 Å². The summed E-state index contributed by atoms with van der Waals surface area (Å²) in [6, 6.07) is 10.5. The first-order chi connectivity index (χ1) is 13.5. The topological polar surface area (TPSA) is 83.0 Å². The second-order valence-corrected chi connectivity index (χ2v) is 9.12. The zero-order valence-corrected chi connectivity index (χ0v) is 20.8. The molecule has 0 bridgehead atoms. The van der Waals surface area contributed by atoms with Gasteiger partial charge in [-0.05, 0) is 18.4 Å². The number of hydrogen-bond acceptors (Lipinski definition) is 4. The van der Waals surface area contributed by atoms with Crippen molar-refractivity contribution < 1.29 is 13.2 Å². The summed E-state index contributed by atoms with van der Waals surface area (Å²) in [6.07, 6.45) is 2.01. The Hall–Kier alpha value is -0.910. The number of sulfonamides is 1. The van der Waals surface area contributed by atoms with Crippen molar-refractivity contribution in [3.63, 3.8) is 0 Å². The molecule has 29 heavy (non-hydrogen) atoms. The van der Waals surface area contributed by atoms with Gasteiger partial charge in [0.1, 0.15) is 0 Å². The Kier molecular flexibility index (Phi) is 11.4. The summed E-state index contributed by atoms with van der Waals surface area (Å²) in [4.78, 5) is 4.25. The average molecular weight is 538 g/mol. The van der Waals surface area contributed by atoms with Crippen LogP contribution in [-0.4, -0.2) is 70.9 Å². The number of hydrogen-bond donors (Lipinski definition) is 2. The van der Waals surface area contributed by atoms with Crippen LogP contribution in [0, 0.1) is 0 Å². The van der Waals surface area contributed by atoms with Gasteiger partial charge in [-0.15, -0.1) is 24.0 Å². The third kappa shape index (κ3) is 7.37. The molecular weight excluding hydrogens is 503 g/mol. The molecule has 0 aromatic heterocycles. The molecule has 0 atom stereocenters. The van der Waals surface area contributed by atoms with Crippen LogP contribution in [0.3, 0.4) is 0 Å². The van der Waals surface area contributed by atoms with E-state index in [0.717, 1.165) is 19.4 Å². The molecule has 1 aliphatic rings. The van der Waals surface area contributed by atoms with Gasteiger partial charge in [0.05, 0.1) is 19.0 Å². The van der Waals surface area contributed by atoms with Crippen LogP contribution in [-0.2, 0) is 20.2 Å². The molecule has 9 heteroatoms. The van der Waals surface area contributed by atoms with Crippen molar-refractivity contribution in [1.82, 2.24) is 14.9 Å². The molecule has 1 aliphatic heterocycles. The fourth-order valence-corrected chi connectivity index (χ4v) is 4.85. The summed E-state index contributed by atoms with van der Waals surface area (Å²) in [7, 11) is -1.57. The normalized spacial score (nSPS) is 16.2. The molecule has 2 N–H and O–H groups in total. The summed E-state index contributed by atoms with van der Waals surface area (Å²) < 4.78 is 31.6. The van der Waals surface area contributed by atoms with Crippen LogP contribution in [0.4, 0.5) is 0 Å². The highest BCUT2D eigenvalue weighted by atomic mass is 127. The van der Waals surface area contributed by atoms with E-state index in [2.05, 4.69) is 53.7 Å². The van der Waals surface area contributed by atoms with Gasteiger partial charge in [0.2, 0.25) is 10.0 Å². The Morgan fingerprint density at radius 1 is 1.14 bits per heavy atom. The van der Waals surface area contributed by atoms with Gasteiger partial charge in [-0.2, -0.15) is 4.31 Å². The molecule has 1 fully saturated rings. The number of ether oxygens (including phenoxy) is 1. The standard InChI is InChI=1S/C20H34N4O3S.HI/c1-4-20(5-2,18-9-7-6-8-10-18)17-23-19(21-3)22-11-16-28(25,26)24-12-14-27-15-13-24;/h6-10H,4-5,11-17H2,1-3H3,(H2,21,22,23);1H. The molecule has 1 aromatic rings. The Balaban J connectivity index is 0.00000420. The van der Waals surface area contributed by atoms with E-state index < -0.39 is 10.0 Å². The molecule has 0 aliphatic carbocycles. The van der Waals surface area contributed by atoms with E-state index in [0.29, 0.717) is 38.8 Å².